The SMILES string of the molecule is CC(C)c1ccc(C(=O)N2CCN(C(=O)c3ccco3)CC2)cc1. The molecule has 0 unspecified atom stereocenters. The summed E-state index contributed by atoms with van der Waals surface area (Å²) in [7, 11) is 0. The van der Waals surface area contributed by atoms with Crippen LogP contribution in [0.3, 0.4) is 0 Å². The molecule has 1 aliphatic heterocycles. The minimum absolute atomic E-state index is 0.0235. The number of carbonyl (C=O) groups is 2. The van der Waals surface area contributed by atoms with Gasteiger partial charge in [-0.2, -0.15) is 0 Å². The largest absolute Gasteiger partial charge is 0.459 e. The molecule has 126 valence electrons. The average molecular weight is 326 g/mol. The first-order valence-corrected chi connectivity index (χ1v) is 8.28. The molecule has 2 heterocycles. The molecule has 5 heteroatoms. The molecule has 2 amide bonds. The van der Waals surface area contributed by atoms with Crippen LogP contribution in [0.25, 0.3) is 0 Å². The molecular weight excluding hydrogens is 304 g/mol. The normalized spacial score (nSPS) is 15.0. The molecule has 0 atom stereocenters. The smallest absolute Gasteiger partial charge is 0.289 e. The first-order chi connectivity index (χ1) is 11.6. The molecule has 0 saturated carbocycles. The van der Waals surface area contributed by atoms with Gasteiger partial charge in [0.15, 0.2) is 5.76 Å². The first-order valence-electron chi connectivity index (χ1n) is 8.28. The Morgan fingerprint density at radius 3 is 2.00 bits per heavy atom. The summed E-state index contributed by atoms with van der Waals surface area (Å²) in [6.45, 7) is 6.39. The van der Waals surface area contributed by atoms with Gasteiger partial charge < -0.3 is 14.2 Å². The van der Waals surface area contributed by atoms with E-state index in [1.165, 1.54) is 11.8 Å². The van der Waals surface area contributed by atoms with Crippen molar-refractivity contribution in [2.45, 2.75) is 19.8 Å². The third kappa shape index (κ3) is 3.35. The number of piperazine rings is 1. The highest BCUT2D eigenvalue weighted by Crippen LogP contribution is 2.17. The summed E-state index contributed by atoms with van der Waals surface area (Å²) in [5, 5.41) is 0. The molecule has 1 aliphatic rings. The highest BCUT2D eigenvalue weighted by Gasteiger charge is 2.26. The Kier molecular flexibility index (Phi) is 4.69. The van der Waals surface area contributed by atoms with E-state index in [-0.39, 0.29) is 11.8 Å². The Morgan fingerprint density at radius 1 is 0.917 bits per heavy atom. The second kappa shape index (κ2) is 6.91. The summed E-state index contributed by atoms with van der Waals surface area (Å²) >= 11 is 0. The molecule has 3 rings (SSSR count). The monoisotopic (exact) mass is 326 g/mol. The van der Waals surface area contributed by atoms with Crippen molar-refractivity contribution in [1.29, 1.82) is 0 Å². The fourth-order valence-electron chi connectivity index (χ4n) is 2.86. The van der Waals surface area contributed by atoms with Gasteiger partial charge in [0.1, 0.15) is 0 Å². The predicted octanol–water partition coefficient (Wildman–Crippen LogP) is 3.00. The van der Waals surface area contributed by atoms with Gasteiger partial charge in [-0.15, -0.1) is 0 Å². The van der Waals surface area contributed by atoms with E-state index in [1.807, 2.05) is 24.3 Å². The third-order valence-corrected chi connectivity index (χ3v) is 4.41. The first kappa shape index (κ1) is 16.3. The number of carbonyl (C=O) groups excluding carboxylic acids is 2. The van der Waals surface area contributed by atoms with E-state index in [9.17, 15) is 9.59 Å². The van der Waals surface area contributed by atoms with Gasteiger partial charge in [-0.05, 0) is 35.7 Å². The minimum atomic E-state index is -0.117. The molecule has 1 fully saturated rings. The third-order valence-electron chi connectivity index (χ3n) is 4.41. The molecule has 1 saturated heterocycles. The second-order valence-electron chi connectivity index (χ2n) is 6.34. The summed E-state index contributed by atoms with van der Waals surface area (Å²) in [6.07, 6.45) is 1.49. The zero-order chi connectivity index (χ0) is 17.1. The summed E-state index contributed by atoms with van der Waals surface area (Å²) in [6, 6.07) is 11.2. The van der Waals surface area contributed by atoms with Crippen LogP contribution in [-0.4, -0.2) is 47.8 Å². The van der Waals surface area contributed by atoms with Crippen molar-refractivity contribution in [3.8, 4) is 0 Å². The summed E-state index contributed by atoms with van der Waals surface area (Å²) < 4.78 is 5.15. The maximum absolute atomic E-state index is 12.6. The fourth-order valence-corrected chi connectivity index (χ4v) is 2.86. The van der Waals surface area contributed by atoms with E-state index in [2.05, 4.69) is 13.8 Å². The van der Waals surface area contributed by atoms with Crippen LogP contribution in [0.1, 0.15) is 46.2 Å². The van der Waals surface area contributed by atoms with Crippen LogP contribution in [0, 0.1) is 0 Å². The van der Waals surface area contributed by atoms with Crippen molar-refractivity contribution in [3.05, 3.63) is 59.5 Å². The topological polar surface area (TPSA) is 53.8 Å². The van der Waals surface area contributed by atoms with Gasteiger partial charge >= 0.3 is 0 Å². The molecule has 5 nitrogen and oxygen atoms in total. The molecule has 0 aliphatic carbocycles. The van der Waals surface area contributed by atoms with Crippen LogP contribution in [0.2, 0.25) is 0 Å². The molecule has 0 spiro atoms. The van der Waals surface area contributed by atoms with Gasteiger partial charge in [0.2, 0.25) is 0 Å². The predicted molar refractivity (Wildman–Crippen MR) is 91.0 cm³/mol. The minimum Gasteiger partial charge on any atom is -0.459 e. The summed E-state index contributed by atoms with van der Waals surface area (Å²) in [5.74, 6) is 0.702. The summed E-state index contributed by atoms with van der Waals surface area (Å²) in [5.41, 5.74) is 1.92. The van der Waals surface area contributed by atoms with E-state index in [0.29, 0.717) is 43.4 Å². The van der Waals surface area contributed by atoms with Crippen LogP contribution in [0.4, 0.5) is 0 Å². The maximum Gasteiger partial charge on any atom is 0.289 e. The Labute approximate surface area is 141 Å². The molecule has 0 radical (unpaired) electrons. The average Bonchev–Trinajstić information content (AvgIpc) is 3.15. The summed E-state index contributed by atoms with van der Waals surface area (Å²) in [4.78, 5) is 28.4. The van der Waals surface area contributed by atoms with Crippen molar-refractivity contribution < 1.29 is 14.0 Å². The van der Waals surface area contributed by atoms with Crippen LogP contribution in [0.5, 0.6) is 0 Å². The number of benzene rings is 1. The molecule has 24 heavy (non-hydrogen) atoms. The Balaban J connectivity index is 1.60. The van der Waals surface area contributed by atoms with E-state index >= 15 is 0 Å². The number of hydrogen-bond donors (Lipinski definition) is 0. The zero-order valence-electron chi connectivity index (χ0n) is 14.1. The number of amides is 2. The van der Waals surface area contributed by atoms with Gasteiger partial charge in [-0.3, -0.25) is 9.59 Å². The standard InChI is InChI=1S/C19H22N2O3/c1-14(2)15-5-7-16(8-6-15)18(22)20-9-11-21(12-10-20)19(23)17-4-3-13-24-17/h3-8,13-14H,9-12H2,1-2H3. The van der Waals surface area contributed by atoms with Gasteiger partial charge in [0.05, 0.1) is 6.26 Å². The van der Waals surface area contributed by atoms with Crippen molar-refractivity contribution >= 4 is 11.8 Å². The molecule has 0 bridgehead atoms. The lowest BCUT2D eigenvalue weighted by molar-refractivity contribution is 0.0518. The van der Waals surface area contributed by atoms with Crippen LogP contribution < -0.4 is 0 Å². The molecule has 2 aromatic rings. The van der Waals surface area contributed by atoms with E-state index in [4.69, 9.17) is 4.42 Å². The fraction of sp³-hybridized carbons (Fsp3) is 0.368. The number of furan rings is 1. The van der Waals surface area contributed by atoms with E-state index in [1.54, 1.807) is 21.9 Å². The molecular formula is C19H22N2O3. The zero-order valence-corrected chi connectivity index (χ0v) is 14.1. The molecule has 1 aromatic carbocycles. The van der Waals surface area contributed by atoms with Gasteiger partial charge in [0.25, 0.3) is 11.8 Å². The lowest BCUT2D eigenvalue weighted by atomic mass is 10.0. The van der Waals surface area contributed by atoms with Crippen LogP contribution >= 0.6 is 0 Å². The van der Waals surface area contributed by atoms with Gasteiger partial charge in [-0.1, -0.05) is 26.0 Å². The van der Waals surface area contributed by atoms with E-state index in [0.717, 1.165) is 0 Å². The number of rotatable bonds is 3. The lowest BCUT2D eigenvalue weighted by Gasteiger charge is -2.34. The maximum atomic E-state index is 12.6. The van der Waals surface area contributed by atoms with Crippen molar-refractivity contribution in [2.24, 2.45) is 0 Å². The lowest BCUT2D eigenvalue weighted by Crippen LogP contribution is -2.50. The van der Waals surface area contributed by atoms with Crippen molar-refractivity contribution in [2.75, 3.05) is 26.2 Å². The van der Waals surface area contributed by atoms with Crippen molar-refractivity contribution in [1.82, 2.24) is 9.80 Å². The number of hydrogen-bond acceptors (Lipinski definition) is 3. The highest BCUT2D eigenvalue weighted by atomic mass is 16.3. The Bertz CT molecular complexity index is 697. The second-order valence-corrected chi connectivity index (χ2v) is 6.34. The van der Waals surface area contributed by atoms with E-state index < -0.39 is 0 Å². The highest BCUT2D eigenvalue weighted by molar-refractivity contribution is 5.95. The quantitative estimate of drug-likeness (QED) is 0.871. The Hall–Kier alpha value is -2.56. The molecule has 1 aromatic heterocycles. The van der Waals surface area contributed by atoms with Crippen LogP contribution in [-0.2, 0) is 0 Å². The van der Waals surface area contributed by atoms with Gasteiger partial charge in [0, 0.05) is 31.7 Å². The number of nitrogens with zero attached hydrogens (tertiary/aromatic N) is 2. The van der Waals surface area contributed by atoms with Gasteiger partial charge in [-0.25, -0.2) is 0 Å². The Morgan fingerprint density at radius 2 is 1.50 bits per heavy atom. The van der Waals surface area contributed by atoms with Crippen molar-refractivity contribution in [3.63, 3.8) is 0 Å². The molecule has 0 N–H and O–H groups in total. The van der Waals surface area contributed by atoms with Crippen LogP contribution in [0.15, 0.2) is 47.1 Å².